The van der Waals surface area contributed by atoms with Crippen LogP contribution >= 0.6 is 23.2 Å². The lowest BCUT2D eigenvalue weighted by Gasteiger charge is -2.43. The van der Waals surface area contributed by atoms with E-state index in [-0.39, 0.29) is 5.92 Å². The van der Waals surface area contributed by atoms with Gasteiger partial charge >= 0.3 is 0 Å². The van der Waals surface area contributed by atoms with Crippen molar-refractivity contribution in [3.8, 4) is 6.07 Å². The zero-order chi connectivity index (χ0) is 19.4. The van der Waals surface area contributed by atoms with E-state index in [2.05, 4.69) is 10.3 Å². The molecule has 0 bridgehead atoms. The second-order valence-electron chi connectivity index (χ2n) is 7.23. The van der Waals surface area contributed by atoms with E-state index in [1.54, 1.807) is 30.5 Å². The minimum absolute atomic E-state index is 0.0871. The van der Waals surface area contributed by atoms with Crippen LogP contribution in [0.15, 0.2) is 41.6 Å². The molecule has 2 atom stereocenters. The van der Waals surface area contributed by atoms with Crippen LogP contribution in [0.3, 0.4) is 0 Å². The Kier molecular flexibility index (Phi) is 6.08. The molecule has 2 aliphatic rings. The van der Waals surface area contributed by atoms with Gasteiger partial charge in [-0.1, -0.05) is 17.7 Å². The smallest absolute Gasteiger partial charge is 0.229 e. The number of nitrogens with two attached hydrogens (primary N) is 1. The molecule has 1 aromatic rings. The van der Waals surface area contributed by atoms with E-state index < -0.39 is 16.7 Å². The number of nitrogens with zero attached hydrogens (tertiary/aromatic N) is 2. The third kappa shape index (κ3) is 4.12. The molecule has 1 amide bonds. The number of aromatic nitrogens is 1. The number of amides is 1. The van der Waals surface area contributed by atoms with E-state index in [0.717, 1.165) is 37.9 Å². The predicted octanol–water partition coefficient (Wildman–Crippen LogP) is 3.94. The van der Waals surface area contributed by atoms with Crippen molar-refractivity contribution in [2.75, 3.05) is 11.9 Å². The summed E-state index contributed by atoms with van der Waals surface area (Å²) in [5, 5.41) is 12.2. The summed E-state index contributed by atoms with van der Waals surface area (Å²) in [4.78, 5) is 16.4. The number of halogens is 2. The lowest BCUT2D eigenvalue weighted by Crippen LogP contribution is -2.50. The molecule has 142 valence electrons. The molecule has 1 saturated carbocycles. The van der Waals surface area contributed by atoms with Gasteiger partial charge in [-0.15, -0.1) is 11.6 Å². The molecular formula is C20H22Cl2N4O. The SMILES string of the molecule is N#Cc1ccc(NCC2CCC(C3(C(N)=O)C=C(Cl)C=CC3Cl)CC2)cn1. The molecule has 27 heavy (non-hydrogen) atoms. The van der Waals surface area contributed by atoms with Gasteiger partial charge in [-0.25, -0.2) is 4.98 Å². The first kappa shape index (κ1) is 19.7. The van der Waals surface area contributed by atoms with E-state index in [9.17, 15) is 4.79 Å². The third-order valence-corrected chi connectivity index (χ3v) is 6.42. The predicted molar refractivity (Wildman–Crippen MR) is 107 cm³/mol. The van der Waals surface area contributed by atoms with Gasteiger partial charge in [0, 0.05) is 11.6 Å². The maximum absolute atomic E-state index is 12.3. The highest BCUT2D eigenvalue weighted by atomic mass is 35.5. The van der Waals surface area contributed by atoms with Crippen molar-refractivity contribution in [3.05, 3.63) is 47.3 Å². The summed E-state index contributed by atoms with van der Waals surface area (Å²) in [5.74, 6) is 0.174. The van der Waals surface area contributed by atoms with Crippen molar-refractivity contribution < 1.29 is 4.79 Å². The molecule has 0 aromatic carbocycles. The van der Waals surface area contributed by atoms with Crippen LogP contribution in [0, 0.1) is 28.6 Å². The molecule has 0 aliphatic heterocycles. The third-order valence-electron chi connectivity index (χ3n) is 5.68. The van der Waals surface area contributed by atoms with Gasteiger partial charge < -0.3 is 11.1 Å². The molecule has 7 heteroatoms. The number of hydrogen-bond donors (Lipinski definition) is 2. The van der Waals surface area contributed by atoms with Crippen LogP contribution in [-0.4, -0.2) is 22.8 Å². The number of nitrogens with one attached hydrogen (secondary N) is 1. The standard InChI is InChI=1S/C20H22Cl2N4O/c21-15-5-8-18(22)20(9-15,19(24)27)14-3-1-13(2-4-14)11-25-17-7-6-16(10-23)26-12-17/h5-9,12-14,18,25H,1-4,11H2,(H2,24,27). The fourth-order valence-corrected chi connectivity index (χ4v) is 4.79. The molecule has 3 rings (SSSR count). The van der Waals surface area contributed by atoms with Gasteiger partial charge in [-0.05, 0) is 61.8 Å². The molecule has 1 aromatic heterocycles. The van der Waals surface area contributed by atoms with Crippen LogP contribution in [-0.2, 0) is 4.79 Å². The number of rotatable bonds is 5. The summed E-state index contributed by atoms with van der Waals surface area (Å²) in [5.41, 5.74) is 6.17. The first-order chi connectivity index (χ1) is 13.0. The zero-order valence-electron chi connectivity index (χ0n) is 14.9. The van der Waals surface area contributed by atoms with E-state index in [0.29, 0.717) is 16.6 Å². The summed E-state index contributed by atoms with van der Waals surface area (Å²) in [6.45, 7) is 0.824. The quantitative estimate of drug-likeness (QED) is 0.726. The highest BCUT2D eigenvalue weighted by Crippen LogP contribution is 2.48. The molecular weight excluding hydrogens is 383 g/mol. The summed E-state index contributed by atoms with van der Waals surface area (Å²) in [7, 11) is 0. The van der Waals surface area contributed by atoms with Crippen molar-refractivity contribution >= 4 is 34.8 Å². The Bertz CT molecular complexity index is 791. The topological polar surface area (TPSA) is 91.8 Å². The minimum Gasteiger partial charge on any atom is -0.384 e. The second-order valence-corrected chi connectivity index (χ2v) is 8.14. The van der Waals surface area contributed by atoms with Crippen molar-refractivity contribution in [1.29, 1.82) is 5.26 Å². The minimum atomic E-state index is -0.914. The molecule has 0 radical (unpaired) electrons. The molecule has 0 spiro atoms. The maximum Gasteiger partial charge on any atom is 0.229 e. The van der Waals surface area contributed by atoms with Crippen LogP contribution in [0.1, 0.15) is 31.4 Å². The first-order valence-electron chi connectivity index (χ1n) is 9.06. The van der Waals surface area contributed by atoms with Crippen molar-refractivity contribution in [2.45, 2.75) is 31.1 Å². The van der Waals surface area contributed by atoms with Gasteiger partial charge in [-0.2, -0.15) is 5.26 Å². The number of carbonyl (C=O) groups excluding carboxylic acids is 1. The molecule has 0 saturated heterocycles. The van der Waals surface area contributed by atoms with E-state index in [1.165, 1.54) is 0 Å². The van der Waals surface area contributed by atoms with Gasteiger partial charge in [0.2, 0.25) is 5.91 Å². The molecule has 2 unspecified atom stereocenters. The lowest BCUT2D eigenvalue weighted by atomic mass is 9.63. The summed E-state index contributed by atoms with van der Waals surface area (Å²) in [6, 6.07) is 5.57. The second kappa shape index (κ2) is 8.33. The lowest BCUT2D eigenvalue weighted by molar-refractivity contribution is -0.128. The van der Waals surface area contributed by atoms with Crippen molar-refractivity contribution in [3.63, 3.8) is 0 Å². The van der Waals surface area contributed by atoms with E-state index in [4.69, 9.17) is 34.2 Å². The number of primary amides is 1. The largest absolute Gasteiger partial charge is 0.384 e. The number of alkyl halides is 1. The average molecular weight is 405 g/mol. The van der Waals surface area contributed by atoms with Gasteiger partial charge in [0.15, 0.2) is 0 Å². The normalized spacial score (nSPS) is 30.3. The number of allylic oxidation sites excluding steroid dienone is 3. The summed E-state index contributed by atoms with van der Waals surface area (Å²) in [6.07, 6.45) is 10.6. The molecule has 3 N–H and O–H groups in total. The molecule has 2 aliphatic carbocycles. The van der Waals surface area contributed by atoms with Gasteiger partial charge in [0.25, 0.3) is 0 Å². The van der Waals surface area contributed by atoms with Crippen LogP contribution < -0.4 is 11.1 Å². The zero-order valence-corrected chi connectivity index (χ0v) is 16.4. The summed E-state index contributed by atoms with van der Waals surface area (Å²) < 4.78 is 0. The molecule has 1 fully saturated rings. The van der Waals surface area contributed by atoms with Crippen molar-refractivity contribution in [2.24, 2.45) is 23.0 Å². The van der Waals surface area contributed by atoms with Gasteiger partial charge in [0.05, 0.1) is 22.7 Å². The van der Waals surface area contributed by atoms with Gasteiger partial charge in [0.1, 0.15) is 11.8 Å². The Morgan fingerprint density at radius 1 is 1.37 bits per heavy atom. The first-order valence-corrected chi connectivity index (χ1v) is 9.87. The summed E-state index contributed by atoms with van der Waals surface area (Å²) >= 11 is 12.7. The number of carbonyl (C=O) groups is 1. The highest BCUT2D eigenvalue weighted by molar-refractivity contribution is 6.32. The number of pyridine rings is 1. The number of nitriles is 1. The van der Waals surface area contributed by atoms with Crippen LogP contribution in [0.4, 0.5) is 5.69 Å². The molecule has 1 heterocycles. The average Bonchev–Trinajstić information content (AvgIpc) is 2.69. The Labute approximate surface area is 169 Å². The van der Waals surface area contributed by atoms with Gasteiger partial charge in [-0.3, -0.25) is 4.79 Å². The Morgan fingerprint density at radius 3 is 2.70 bits per heavy atom. The number of anilines is 1. The monoisotopic (exact) mass is 404 g/mol. The van der Waals surface area contributed by atoms with Crippen molar-refractivity contribution in [1.82, 2.24) is 4.98 Å². The fraction of sp³-hybridized carbons (Fsp3) is 0.450. The molecule has 5 nitrogen and oxygen atoms in total. The van der Waals surface area contributed by atoms with E-state index in [1.807, 2.05) is 12.1 Å². The van der Waals surface area contributed by atoms with Crippen LogP contribution in [0.2, 0.25) is 0 Å². The maximum atomic E-state index is 12.3. The van der Waals surface area contributed by atoms with Crippen LogP contribution in [0.5, 0.6) is 0 Å². The van der Waals surface area contributed by atoms with Crippen LogP contribution in [0.25, 0.3) is 0 Å². The van der Waals surface area contributed by atoms with E-state index >= 15 is 0 Å². The fourth-order valence-electron chi connectivity index (χ4n) is 4.11. The Hall–Kier alpha value is -2.03. The Morgan fingerprint density at radius 2 is 2.11 bits per heavy atom. The number of hydrogen-bond acceptors (Lipinski definition) is 4. The highest BCUT2D eigenvalue weighted by Gasteiger charge is 2.49. The Balaban J connectivity index is 1.60.